The molecule has 0 radical (unpaired) electrons. The van der Waals surface area contributed by atoms with Gasteiger partial charge >= 0.3 is 0 Å². The van der Waals surface area contributed by atoms with E-state index in [-0.39, 0.29) is 0 Å². The molecule has 2 unspecified atom stereocenters. The molecule has 0 aliphatic carbocycles. The maximum absolute atomic E-state index is 4.49. The normalized spacial score (nSPS) is 20.9. The fraction of sp³-hybridized carbons (Fsp3) is 0.438. The van der Waals surface area contributed by atoms with Crippen LogP contribution in [0.3, 0.4) is 0 Å². The maximum Gasteiger partial charge on any atom is 0.0705 e. The molecular formula is C16H20N2S2. The molecule has 2 atom stereocenters. The van der Waals surface area contributed by atoms with E-state index in [1.54, 1.807) is 0 Å². The molecule has 1 fully saturated rings. The molecule has 3 rings (SSSR count). The standard InChI is InChI=1S/C16H20N2S2/c1-2-17-16(15-11-19-8-9-20-15)13-6-5-12-4-3-7-18-14(12)10-13/h3-7,10,15-17H,2,8-9,11H2,1H3. The minimum absolute atomic E-state index is 0.434. The fourth-order valence-corrected chi connectivity index (χ4v) is 5.53. The molecule has 1 N–H and O–H groups in total. The van der Waals surface area contributed by atoms with Crippen LogP contribution in [-0.4, -0.2) is 34.0 Å². The number of hydrogen-bond acceptors (Lipinski definition) is 4. The summed E-state index contributed by atoms with van der Waals surface area (Å²) >= 11 is 4.19. The molecule has 106 valence electrons. The lowest BCUT2D eigenvalue weighted by molar-refractivity contribution is 0.551. The zero-order valence-electron chi connectivity index (χ0n) is 11.7. The Morgan fingerprint density at radius 2 is 2.30 bits per heavy atom. The van der Waals surface area contributed by atoms with Crippen LogP contribution in [0.2, 0.25) is 0 Å². The Bertz CT molecular complexity index is 567. The highest BCUT2D eigenvalue weighted by atomic mass is 32.2. The Labute approximate surface area is 129 Å². The quantitative estimate of drug-likeness (QED) is 0.930. The average molecular weight is 304 g/mol. The SMILES string of the molecule is CCNC(c1ccc2cccnc2c1)C1CSCCS1. The van der Waals surface area contributed by atoms with Crippen molar-refractivity contribution >= 4 is 34.4 Å². The minimum atomic E-state index is 0.434. The zero-order valence-corrected chi connectivity index (χ0v) is 13.3. The predicted octanol–water partition coefficient (Wildman–Crippen LogP) is 3.73. The summed E-state index contributed by atoms with van der Waals surface area (Å²) in [5.74, 6) is 3.80. The van der Waals surface area contributed by atoms with E-state index in [2.05, 4.69) is 65.0 Å². The Morgan fingerprint density at radius 1 is 1.35 bits per heavy atom. The smallest absolute Gasteiger partial charge is 0.0705 e. The van der Waals surface area contributed by atoms with E-state index in [0.29, 0.717) is 11.3 Å². The van der Waals surface area contributed by atoms with Crippen molar-refractivity contribution in [1.29, 1.82) is 0 Å². The highest BCUT2D eigenvalue weighted by molar-refractivity contribution is 8.06. The summed E-state index contributed by atoms with van der Waals surface area (Å²) in [5.41, 5.74) is 2.47. The van der Waals surface area contributed by atoms with Crippen LogP contribution in [0.4, 0.5) is 0 Å². The molecule has 2 nitrogen and oxygen atoms in total. The van der Waals surface area contributed by atoms with Crippen molar-refractivity contribution in [2.75, 3.05) is 23.8 Å². The van der Waals surface area contributed by atoms with Gasteiger partial charge in [-0.3, -0.25) is 4.98 Å². The number of pyridine rings is 1. The molecule has 1 aromatic carbocycles. The second kappa shape index (κ2) is 6.83. The molecule has 1 saturated heterocycles. The second-order valence-corrected chi connectivity index (χ2v) is 7.47. The zero-order chi connectivity index (χ0) is 13.8. The second-order valence-electron chi connectivity index (χ2n) is 4.98. The van der Waals surface area contributed by atoms with E-state index in [0.717, 1.165) is 12.1 Å². The van der Waals surface area contributed by atoms with Gasteiger partial charge in [-0.05, 0) is 24.2 Å². The molecule has 0 bridgehead atoms. The number of benzene rings is 1. The lowest BCUT2D eigenvalue weighted by atomic mass is 10.0. The first-order valence-corrected chi connectivity index (χ1v) is 9.36. The van der Waals surface area contributed by atoms with Crippen LogP contribution < -0.4 is 5.32 Å². The Hall–Kier alpha value is -0.710. The molecule has 1 aliphatic rings. The maximum atomic E-state index is 4.49. The van der Waals surface area contributed by atoms with E-state index in [4.69, 9.17) is 0 Å². The topological polar surface area (TPSA) is 24.9 Å². The highest BCUT2D eigenvalue weighted by Crippen LogP contribution is 2.34. The van der Waals surface area contributed by atoms with Gasteiger partial charge < -0.3 is 5.32 Å². The van der Waals surface area contributed by atoms with Gasteiger partial charge in [0.15, 0.2) is 0 Å². The van der Waals surface area contributed by atoms with Crippen LogP contribution in [-0.2, 0) is 0 Å². The summed E-state index contributed by atoms with van der Waals surface area (Å²) in [6, 6.07) is 11.3. The number of fused-ring (bicyclic) bond motifs is 1. The van der Waals surface area contributed by atoms with Crippen LogP contribution in [0.5, 0.6) is 0 Å². The number of nitrogens with zero attached hydrogens (tertiary/aromatic N) is 1. The van der Waals surface area contributed by atoms with E-state index < -0.39 is 0 Å². The van der Waals surface area contributed by atoms with Gasteiger partial charge in [0.25, 0.3) is 0 Å². The highest BCUT2D eigenvalue weighted by Gasteiger charge is 2.25. The Balaban J connectivity index is 1.91. The lowest BCUT2D eigenvalue weighted by Crippen LogP contribution is -2.33. The van der Waals surface area contributed by atoms with Crippen LogP contribution in [0.1, 0.15) is 18.5 Å². The molecule has 1 aromatic heterocycles. The van der Waals surface area contributed by atoms with Crippen molar-refractivity contribution in [3.63, 3.8) is 0 Å². The third kappa shape index (κ3) is 3.13. The first-order chi connectivity index (χ1) is 9.88. The number of hydrogen-bond donors (Lipinski definition) is 1. The number of thioether (sulfide) groups is 2. The molecule has 4 heteroatoms. The first-order valence-electron chi connectivity index (χ1n) is 7.16. The summed E-state index contributed by atoms with van der Waals surface area (Å²) in [7, 11) is 0. The predicted molar refractivity (Wildman–Crippen MR) is 91.7 cm³/mol. The molecule has 0 saturated carbocycles. The molecule has 1 aliphatic heterocycles. The third-order valence-corrected chi connectivity index (χ3v) is 6.49. The third-order valence-electron chi connectivity index (χ3n) is 3.63. The van der Waals surface area contributed by atoms with E-state index >= 15 is 0 Å². The van der Waals surface area contributed by atoms with E-state index in [9.17, 15) is 0 Å². The van der Waals surface area contributed by atoms with Gasteiger partial charge in [-0.25, -0.2) is 0 Å². The number of rotatable bonds is 4. The van der Waals surface area contributed by atoms with Crippen molar-refractivity contribution < 1.29 is 0 Å². The van der Waals surface area contributed by atoms with Gasteiger partial charge in [0, 0.05) is 40.1 Å². The Kier molecular flexibility index (Phi) is 4.86. The van der Waals surface area contributed by atoms with E-state index in [1.807, 2.05) is 12.3 Å². The number of aromatic nitrogens is 1. The molecule has 2 heterocycles. The molecule has 20 heavy (non-hydrogen) atoms. The Morgan fingerprint density at radius 3 is 3.10 bits per heavy atom. The van der Waals surface area contributed by atoms with Crippen LogP contribution in [0.15, 0.2) is 36.5 Å². The van der Waals surface area contributed by atoms with Gasteiger partial charge in [-0.2, -0.15) is 23.5 Å². The summed E-state index contributed by atoms with van der Waals surface area (Å²) in [6.45, 7) is 3.19. The largest absolute Gasteiger partial charge is 0.309 e. The summed E-state index contributed by atoms with van der Waals surface area (Å²) in [6.07, 6.45) is 1.87. The van der Waals surface area contributed by atoms with Crippen molar-refractivity contribution in [3.05, 3.63) is 42.1 Å². The van der Waals surface area contributed by atoms with Gasteiger partial charge in [0.05, 0.1) is 5.52 Å². The summed E-state index contributed by atoms with van der Waals surface area (Å²) in [4.78, 5) is 4.49. The minimum Gasteiger partial charge on any atom is -0.309 e. The van der Waals surface area contributed by atoms with Gasteiger partial charge in [0.2, 0.25) is 0 Å². The van der Waals surface area contributed by atoms with Crippen LogP contribution in [0, 0.1) is 0 Å². The monoisotopic (exact) mass is 304 g/mol. The van der Waals surface area contributed by atoms with Crippen LogP contribution >= 0.6 is 23.5 Å². The van der Waals surface area contributed by atoms with Gasteiger partial charge in [-0.1, -0.05) is 25.1 Å². The fourth-order valence-electron chi connectivity index (χ4n) is 2.66. The molecule has 2 aromatic rings. The van der Waals surface area contributed by atoms with Gasteiger partial charge in [0.1, 0.15) is 0 Å². The first kappa shape index (κ1) is 14.2. The number of nitrogens with one attached hydrogen (secondary N) is 1. The van der Waals surface area contributed by atoms with Crippen molar-refractivity contribution in [2.24, 2.45) is 0 Å². The van der Waals surface area contributed by atoms with E-state index in [1.165, 1.54) is 28.2 Å². The van der Waals surface area contributed by atoms with Crippen molar-refractivity contribution in [1.82, 2.24) is 10.3 Å². The summed E-state index contributed by atoms with van der Waals surface area (Å²) < 4.78 is 0. The molecule has 0 amide bonds. The average Bonchev–Trinajstić information content (AvgIpc) is 2.53. The molecule has 0 spiro atoms. The van der Waals surface area contributed by atoms with Gasteiger partial charge in [-0.15, -0.1) is 0 Å². The van der Waals surface area contributed by atoms with Crippen molar-refractivity contribution in [2.45, 2.75) is 18.2 Å². The summed E-state index contributed by atoms with van der Waals surface area (Å²) in [5, 5.41) is 5.55. The van der Waals surface area contributed by atoms with Crippen molar-refractivity contribution in [3.8, 4) is 0 Å². The lowest BCUT2D eigenvalue weighted by Gasteiger charge is -2.30. The molecular weight excluding hydrogens is 284 g/mol. The van der Waals surface area contributed by atoms with Crippen LogP contribution in [0.25, 0.3) is 10.9 Å².